The number of anilines is 2. The van der Waals surface area contributed by atoms with E-state index in [1.165, 1.54) is 19.1 Å². The lowest BCUT2D eigenvalue weighted by Crippen LogP contribution is -2.43. The number of alkyl halides is 1. The number of benzene rings is 3. The highest BCUT2D eigenvalue weighted by molar-refractivity contribution is 6.19. The van der Waals surface area contributed by atoms with Crippen LogP contribution in [0.25, 0.3) is 16.4 Å². The van der Waals surface area contributed by atoms with Crippen molar-refractivity contribution in [1.82, 2.24) is 19.2 Å². The number of aryl methyl sites for hydroxylation is 1. The summed E-state index contributed by atoms with van der Waals surface area (Å²) in [5.74, 6) is -0.126. The smallest absolute Gasteiger partial charge is 0.468 e. The molecule has 1 atom stereocenters. The molecule has 6 rings (SSSR count). The second-order valence-corrected chi connectivity index (χ2v) is 16.2. The molecule has 19 heteroatoms. The Balaban J connectivity index is 1.24. The molecule has 0 bridgehead atoms. The van der Waals surface area contributed by atoms with Crippen molar-refractivity contribution >= 4 is 69.6 Å². The van der Waals surface area contributed by atoms with Crippen LogP contribution in [0.4, 0.5) is 25.8 Å². The van der Waals surface area contributed by atoms with Crippen LogP contribution in [0.3, 0.4) is 0 Å². The third-order valence-corrected chi connectivity index (χ3v) is 10.4. The molecule has 4 amide bonds. The van der Waals surface area contributed by atoms with E-state index >= 15 is 0 Å². The van der Waals surface area contributed by atoms with Crippen LogP contribution in [0.2, 0.25) is 0 Å². The predicted octanol–water partition coefficient (Wildman–Crippen LogP) is 6.83. The van der Waals surface area contributed by atoms with Crippen molar-refractivity contribution in [3.8, 4) is 11.5 Å². The highest BCUT2D eigenvalue weighted by atomic mass is 35.5. The fraction of sp³-hybridized carbons (Fsp3) is 0.378. The van der Waals surface area contributed by atoms with Crippen molar-refractivity contribution in [2.24, 2.45) is 0 Å². The quantitative estimate of drug-likeness (QED) is 0.0344. The van der Waals surface area contributed by atoms with Crippen LogP contribution in [0, 0.1) is 6.92 Å². The molecule has 2 N–H and O–H groups in total. The Morgan fingerprint density at radius 1 is 0.969 bits per heavy atom. The van der Waals surface area contributed by atoms with E-state index in [0.29, 0.717) is 33.7 Å². The molecule has 0 radical (unpaired) electrons. The molecule has 3 aromatic carbocycles. The number of imidazole rings is 1. The Bertz CT molecular complexity index is 2510. The maximum absolute atomic E-state index is 14.5. The van der Waals surface area contributed by atoms with Gasteiger partial charge >= 0.3 is 18.3 Å². The number of amides is 4. The molecule has 5 aromatic rings. The lowest BCUT2D eigenvalue weighted by molar-refractivity contribution is 0.00337. The summed E-state index contributed by atoms with van der Waals surface area (Å²) in [5, 5.41) is 13.5. The Labute approximate surface area is 374 Å². The number of carbonyl (C=O) groups excluding carboxylic acids is 5. The molecule has 18 nitrogen and oxygen atoms in total. The first-order valence-electron chi connectivity index (χ1n) is 20.4. The normalized spacial score (nSPS) is 13.4. The average Bonchev–Trinajstić information content (AvgIpc) is 3.86. The summed E-state index contributed by atoms with van der Waals surface area (Å²) in [5.41, 5.74) is 2.77. The summed E-state index contributed by atoms with van der Waals surface area (Å²) in [6.45, 7) is 6.88. The summed E-state index contributed by atoms with van der Waals surface area (Å²) in [4.78, 5) is 74.9. The molecular weight excluding hydrogens is 852 g/mol. The van der Waals surface area contributed by atoms with Crippen LogP contribution >= 0.6 is 11.6 Å². The Morgan fingerprint density at radius 2 is 1.73 bits per heavy atom. The molecule has 0 fully saturated rings. The standard InChI is InChI=1S/C45H51ClN6O12/c1-28-8-7-9-33-36(62-43(57)50(18-20-60-21-19-53)17-16-49(5)42(56)63-44(58)64-45(2,3)4)22-35-39(38(28)33)30(23-46)24-52(35)41(55)34-26-51-25-31(12-15-37(51)48-34)47-40(54)29-10-13-32(14-11-29)61-27-59-6/h7-15,22,25-26,30,53H,16-21,23-24,27H2,1-6H3,(H,47,54). The summed E-state index contributed by atoms with van der Waals surface area (Å²) >= 11 is 6.59. The number of nitrogens with one attached hydrogen (secondary N) is 1. The van der Waals surface area contributed by atoms with Gasteiger partial charge in [-0.25, -0.2) is 19.4 Å². The van der Waals surface area contributed by atoms with Crippen molar-refractivity contribution < 1.29 is 57.5 Å². The van der Waals surface area contributed by atoms with Gasteiger partial charge in [0.05, 0.1) is 31.2 Å². The van der Waals surface area contributed by atoms with Gasteiger partial charge in [-0.1, -0.05) is 18.2 Å². The van der Waals surface area contributed by atoms with Gasteiger partial charge in [0.2, 0.25) is 0 Å². The van der Waals surface area contributed by atoms with E-state index in [4.69, 9.17) is 40.0 Å². The fourth-order valence-corrected chi connectivity index (χ4v) is 7.26. The van der Waals surface area contributed by atoms with Crippen molar-refractivity contribution in [3.05, 3.63) is 95.4 Å². The average molecular weight is 903 g/mol. The summed E-state index contributed by atoms with van der Waals surface area (Å²) in [7, 11) is 2.92. The van der Waals surface area contributed by atoms with Crippen molar-refractivity contribution in [3.63, 3.8) is 0 Å². The SMILES string of the molecule is COCOc1ccc(C(=O)Nc2ccc3nc(C(=O)N4CC(CCl)c5c4cc(OC(=O)N(CCOCCO)CCN(C)C(=O)OC(=O)OC(C)(C)C)c4cccc(C)c54)cn3c2)cc1. The Kier molecular flexibility index (Phi) is 15.3. The third-order valence-electron chi connectivity index (χ3n) is 10.0. The summed E-state index contributed by atoms with van der Waals surface area (Å²) < 4.78 is 33.4. The maximum Gasteiger partial charge on any atom is 0.517 e. The first kappa shape index (κ1) is 47.0. The summed E-state index contributed by atoms with van der Waals surface area (Å²) in [6.07, 6.45) is 0.301. The molecule has 1 aliphatic heterocycles. The lowest BCUT2D eigenvalue weighted by atomic mass is 9.92. The zero-order chi connectivity index (χ0) is 46.1. The van der Waals surface area contributed by atoms with Gasteiger partial charge < -0.3 is 57.9 Å². The summed E-state index contributed by atoms with van der Waals surface area (Å²) in [6, 6.07) is 17.2. The van der Waals surface area contributed by atoms with E-state index in [1.54, 1.807) is 84.9 Å². The molecule has 340 valence electrons. The number of carbonyl (C=O) groups is 5. The molecule has 1 unspecified atom stereocenters. The first-order valence-corrected chi connectivity index (χ1v) is 20.9. The van der Waals surface area contributed by atoms with Crippen LogP contribution in [0.5, 0.6) is 11.5 Å². The molecule has 3 heterocycles. The second-order valence-electron chi connectivity index (χ2n) is 15.9. The van der Waals surface area contributed by atoms with Gasteiger partial charge in [0, 0.05) is 81.5 Å². The predicted molar refractivity (Wildman–Crippen MR) is 237 cm³/mol. The topological polar surface area (TPSA) is 200 Å². The molecule has 0 saturated heterocycles. The van der Waals surface area contributed by atoms with Gasteiger partial charge in [-0.15, -0.1) is 11.6 Å². The number of aliphatic hydroxyl groups excluding tert-OH is 1. The monoisotopic (exact) mass is 902 g/mol. The molecule has 0 saturated carbocycles. The fourth-order valence-electron chi connectivity index (χ4n) is 7.00. The number of likely N-dealkylation sites (N-methyl/N-ethyl adjacent to an activating group) is 1. The highest BCUT2D eigenvalue weighted by Gasteiger charge is 2.37. The number of methoxy groups -OCH3 is 1. The minimum atomic E-state index is -1.16. The van der Waals surface area contributed by atoms with Gasteiger partial charge in [-0.2, -0.15) is 0 Å². The minimum Gasteiger partial charge on any atom is -0.468 e. The zero-order valence-corrected chi connectivity index (χ0v) is 37.2. The van der Waals surface area contributed by atoms with Crippen LogP contribution in [-0.4, -0.2) is 133 Å². The second kappa shape index (κ2) is 20.8. The lowest BCUT2D eigenvalue weighted by Gasteiger charge is -2.26. The Hall–Kier alpha value is -6.47. The van der Waals surface area contributed by atoms with Gasteiger partial charge in [0.25, 0.3) is 11.8 Å². The number of aliphatic hydroxyl groups is 1. The molecule has 2 aromatic heterocycles. The van der Waals surface area contributed by atoms with E-state index in [-0.39, 0.29) is 81.9 Å². The Morgan fingerprint density at radius 3 is 2.44 bits per heavy atom. The number of nitrogens with zero attached hydrogens (tertiary/aromatic N) is 5. The number of hydrogen-bond donors (Lipinski definition) is 2. The zero-order valence-electron chi connectivity index (χ0n) is 36.4. The molecule has 1 aliphatic rings. The van der Waals surface area contributed by atoms with Gasteiger partial charge in [-0.05, 0) is 80.6 Å². The van der Waals surface area contributed by atoms with Gasteiger partial charge in [-0.3, -0.25) is 9.59 Å². The largest absolute Gasteiger partial charge is 0.517 e. The molecule has 0 aliphatic carbocycles. The van der Waals surface area contributed by atoms with E-state index < -0.39 is 29.9 Å². The van der Waals surface area contributed by atoms with E-state index in [0.717, 1.165) is 21.4 Å². The van der Waals surface area contributed by atoms with Crippen molar-refractivity contribution in [2.45, 2.75) is 39.2 Å². The number of fused-ring (bicyclic) bond motifs is 4. The molecule has 64 heavy (non-hydrogen) atoms. The van der Waals surface area contributed by atoms with Crippen LogP contribution < -0.4 is 19.7 Å². The van der Waals surface area contributed by atoms with E-state index in [2.05, 4.69) is 10.3 Å². The third kappa shape index (κ3) is 11.4. The minimum absolute atomic E-state index is 0.0196. The van der Waals surface area contributed by atoms with E-state index in [9.17, 15) is 29.1 Å². The van der Waals surface area contributed by atoms with Crippen LogP contribution in [0.1, 0.15) is 58.7 Å². The number of halogens is 1. The van der Waals surface area contributed by atoms with Crippen LogP contribution in [-0.2, 0) is 18.9 Å². The van der Waals surface area contributed by atoms with Gasteiger partial charge in [0.15, 0.2) is 6.79 Å². The van der Waals surface area contributed by atoms with Crippen molar-refractivity contribution in [1.29, 1.82) is 0 Å². The number of pyridine rings is 1. The van der Waals surface area contributed by atoms with Gasteiger partial charge in [0.1, 0.15) is 28.4 Å². The van der Waals surface area contributed by atoms with Crippen molar-refractivity contribution in [2.75, 3.05) is 83.0 Å². The van der Waals surface area contributed by atoms with E-state index in [1.807, 2.05) is 25.1 Å². The number of rotatable bonds is 16. The highest BCUT2D eigenvalue weighted by Crippen LogP contribution is 2.47. The molecule has 0 spiro atoms. The molecular formula is C45H51ClN6O12. The van der Waals surface area contributed by atoms with Crippen LogP contribution in [0.15, 0.2) is 73.1 Å². The number of aromatic nitrogens is 2. The number of ether oxygens (including phenoxy) is 6. The first-order chi connectivity index (χ1) is 30.6. The maximum atomic E-state index is 14.5. The number of hydrogen-bond acceptors (Lipinski definition) is 13.